The Labute approximate surface area is 122 Å². The largest absolute Gasteiger partial charge is 0.352 e. The number of likely N-dealkylation sites (tertiary alicyclic amines) is 1. The minimum absolute atomic E-state index is 0.0329. The lowest BCUT2D eigenvalue weighted by molar-refractivity contribution is -0.127. The summed E-state index contributed by atoms with van der Waals surface area (Å²) in [6.07, 6.45) is 9.95. The number of carbonyl (C=O) groups is 1. The molecule has 3 rings (SSSR count). The Morgan fingerprint density at radius 2 is 1.95 bits per heavy atom. The average molecular weight is 279 g/mol. The molecular weight excluding hydrogens is 250 g/mol. The highest BCUT2D eigenvalue weighted by Gasteiger charge is 2.37. The second-order valence-electron chi connectivity index (χ2n) is 6.82. The van der Waals surface area contributed by atoms with Crippen LogP contribution in [0.2, 0.25) is 0 Å². The molecule has 2 N–H and O–H groups in total. The van der Waals surface area contributed by atoms with Crippen molar-refractivity contribution in [1.82, 2.24) is 15.5 Å². The zero-order chi connectivity index (χ0) is 13.9. The lowest BCUT2D eigenvalue weighted by Gasteiger charge is -2.34. The van der Waals surface area contributed by atoms with E-state index in [2.05, 4.69) is 22.5 Å². The van der Waals surface area contributed by atoms with Crippen molar-refractivity contribution < 1.29 is 4.79 Å². The van der Waals surface area contributed by atoms with Gasteiger partial charge in [-0.25, -0.2) is 0 Å². The van der Waals surface area contributed by atoms with Gasteiger partial charge in [-0.15, -0.1) is 0 Å². The number of nitrogens with one attached hydrogen (secondary N) is 2. The van der Waals surface area contributed by atoms with E-state index in [0.29, 0.717) is 18.1 Å². The van der Waals surface area contributed by atoms with Crippen LogP contribution in [0.15, 0.2) is 0 Å². The number of carbonyl (C=O) groups excluding carboxylic acids is 1. The highest BCUT2D eigenvalue weighted by molar-refractivity contribution is 5.81. The Bertz CT molecular complexity index is 335. The van der Waals surface area contributed by atoms with Crippen molar-refractivity contribution in [3.8, 4) is 0 Å². The van der Waals surface area contributed by atoms with Crippen LogP contribution in [0.1, 0.15) is 58.3 Å². The van der Waals surface area contributed by atoms with Gasteiger partial charge in [0.05, 0.1) is 6.04 Å². The fourth-order valence-electron chi connectivity index (χ4n) is 4.31. The Hall–Kier alpha value is -0.610. The predicted molar refractivity (Wildman–Crippen MR) is 80.6 cm³/mol. The fourth-order valence-corrected chi connectivity index (χ4v) is 4.31. The van der Waals surface area contributed by atoms with Gasteiger partial charge in [0, 0.05) is 18.1 Å². The lowest BCUT2D eigenvalue weighted by Crippen LogP contribution is -2.53. The Balaban J connectivity index is 1.56. The molecule has 114 valence electrons. The van der Waals surface area contributed by atoms with Crippen molar-refractivity contribution in [1.29, 1.82) is 0 Å². The first-order valence-electron chi connectivity index (χ1n) is 8.55. The molecule has 1 saturated carbocycles. The number of hydrogen-bond donors (Lipinski definition) is 2. The summed E-state index contributed by atoms with van der Waals surface area (Å²) in [5.74, 6) is 0.252. The van der Waals surface area contributed by atoms with E-state index in [1.54, 1.807) is 0 Å². The second kappa shape index (κ2) is 6.44. The summed E-state index contributed by atoms with van der Waals surface area (Å²) >= 11 is 0. The quantitative estimate of drug-likeness (QED) is 0.822. The van der Waals surface area contributed by atoms with Gasteiger partial charge in [-0.2, -0.15) is 0 Å². The van der Waals surface area contributed by atoms with Crippen LogP contribution in [0.25, 0.3) is 0 Å². The molecule has 3 atom stereocenters. The SMILES string of the molecule is CC(C(=O)NC1CCCC1)N1CCCC1C1CCCN1. The molecule has 2 heterocycles. The number of amides is 1. The predicted octanol–water partition coefficient (Wildman–Crippen LogP) is 1.65. The van der Waals surface area contributed by atoms with E-state index in [-0.39, 0.29) is 11.9 Å². The van der Waals surface area contributed by atoms with Crippen molar-refractivity contribution in [3.63, 3.8) is 0 Å². The van der Waals surface area contributed by atoms with E-state index in [1.165, 1.54) is 51.4 Å². The van der Waals surface area contributed by atoms with Crippen LogP contribution >= 0.6 is 0 Å². The number of rotatable bonds is 4. The molecule has 2 aliphatic heterocycles. The molecule has 3 fully saturated rings. The van der Waals surface area contributed by atoms with E-state index in [0.717, 1.165) is 13.1 Å². The molecule has 0 aromatic rings. The highest BCUT2D eigenvalue weighted by Crippen LogP contribution is 2.27. The van der Waals surface area contributed by atoms with Crippen LogP contribution < -0.4 is 10.6 Å². The van der Waals surface area contributed by atoms with Crippen LogP contribution in [0, 0.1) is 0 Å². The van der Waals surface area contributed by atoms with Gasteiger partial charge in [-0.3, -0.25) is 9.69 Å². The van der Waals surface area contributed by atoms with E-state index in [1.807, 2.05) is 0 Å². The summed E-state index contributed by atoms with van der Waals surface area (Å²) in [4.78, 5) is 14.9. The first-order chi connectivity index (χ1) is 9.75. The van der Waals surface area contributed by atoms with Crippen molar-refractivity contribution in [2.75, 3.05) is 13.1 Å². The van der Waals surface area contributed by atoms with Crippen LogP contribution in [0.5, 0.6) is 0 Å². The third kappa shape index (κ3) is 3.01. The maximum Gasteiger partial charge on any atom is 0.237 e. The standard InChI is InChI=1S/C16H29N3O/c1-12(16(20)18-13-6-2-3-7-13)19-11-5-9-15(19)14-8-4-10-17-14/h12-15,17H,2-11H2,1H3,(H,18,20). The molecule has 3 unspecified atom stereocenters. The van der Waals surface area contributed by atoms with Gasteiger partial charge in [0.2, 0.25) is 5.91 Å². The van der Waals surface area contributed by atoms with Gasteiger partial charge in [-0.05, 0) is 58.5 Å². The molecule has 0 aromatic heterocycles. The highest BCUT2D eigenvalue weighted by atomic mass is 16.2. The Kier molecular flexibility index (Phi) is 4.61. The van der Waals surface area contributed by atoms with Crippen LogP contribution in [0.3, 0.4) is 0 Å². The van der Waals surface area contributed by atoms with Crippen molar-refractivity contribution >= 4 is 5.91 Å². The minimum Gasteiger partial charge on any atom is -0.352 e. The molecule has 0 bridgehead atoms. The summed E-state index contributed by atoms with van der Waals surface area (Å²) in [6, 6.07) is 1.65. The summed E-state index contributed by atoms with van der Waals surface area (Å²) in [5, 5.41) is 6.89. The monoisotopic (exact) mass is 279 g/mol. The average Bonchev–Trinajstić information content (AvgIpc) is 3.18. The molecule has 4 heteroatoms. The third-order valence-corrected chi connectivity index (χ3v) is 5.48. The third-order valence-electron chi connectivity index (χ3n) is 5.48. The molecular formula is C16H29N3O. The van der Waals surface area contributed by atoms with E-state index in [4.69, 9.17) is 0 Å². The minimum atomic E-state index is 0.0329. The van der Waals surface area contributed by atoms with Gasteiger partial charge in [0.15, 0.2) is 0 Å². The maximum absolute atomic E-state index is 12.5. The van der Waals surface area contributed by atoms with Gasteiger partial charge >= 0.3 is 0 Å². The molecule has 2 saturated heterocycles. The normalized spacial score (nSPS) is 33.6. The molecule has 0 aromatic carbocycles. The fraction of sp³-hybridized carbons (Fsp3) is 0.938. The number of nitrogens with zero attached hydrogens (tertiary/aromatic N) is 1. The van der Waals surface area contributed by atoms with E-state index < -0.39 is 0 Å². The van der Waals surface area contributed by atoms with Crippen molar-refractivity contribution in [2.45, 2.75) is 82.5 Å². The molecule has 3 aliphatic rings. The van der Waals surface area contributed by atoms with Gasteiger partial charge < -0.3 is 10.6 Å². The smallest absolute Gasteiger partial charge is 0.237 e. The molecule has 1 amide bonds. The second-order valence-corrected chi connectivity index (χ2v) is 6.82. The lowest BCUT2D eigenvalue weighted by atomic mass is 10.0. The molecule has 4 nitrogen and oxygen atoms in total. The summed E-state index contributed by atoms with van der Waals surface area (Å²) < 4.78 is 0. The van der Waals surface area contributed by atoms with Crippen LogP contribution in [-0.4, -0.2) is 48.1 Å². The van der Waals surface area contributed by atoms with Gasteiger partial charge in [-0.1, -0.05) is 12.8 Å². The number of hydrogen-bond acceptors (Lipinski definition) is 3. The van der Waals surface area contributed by atoms with Gasteiger partial charge in [0.25, 0.3) is 0 Å². The van der Waals surface area contributed by atoms with Crippen LogP contribution in [-0.2, 0) is 4.79 Å². The van der Waals surface area contributed by atoms with E-state index in [9.17, 15) is 4.79 Å². The van der Waals surface area contributed by atoms with Gasteiger partial charge in [0.1, 0.15) is 0 Å². The zero-order valence-electron chi connectivity index (χ0n) is 12.7. The van der Waals surface area contributed by atoms with Crippen molar-refractivity contribution in [3.05, 3.63) is 0 Å². The first-order valence-corrected chi connectivity index (χ1v) is 8.55. The maximum atomic E-state index is 12.5. The zero-order valence-corrected chi connectivity index (χ0v) is 12.7. The molecule has 1 aliphatic carbocycles. The molecule has 0 spiro atoms. The Morgan fingerprint density at radius 1 is 1.15 bits per heavy atom. The molecule has 0 radical (unpaired) electrons. The van der Waals surface area contributed by atoms with E-state index >= 15 is 0 Å². The summed E-state index contributed by atoms with van der Waals surface area (Å²) in [7, 11) is 0. The first kappa shape index (κ1) is 14.3. The van der Waals surface area contributed by atoms with Crippen LogP contribution in [0.4, 0.5) is 0 Å². The summed E-state index contributed by atoms with van der Waals surface area (Å²) in [6.45, 7) is 4.33. The topological polar surface area (TPSA) is 44.4 Å². The summed E-state index contributed by atoms with van der Waals surface area (Å²) in [5.41, 5.74) is 0. The molecule has 20 heavy (non-hydrogen) atoms. The Morgan fingerprint density at radius 3 is 2.65 bits per heavy atom. The van der Waals surface area contributed by atoms with Crippen molar-refractivity contribution in [2.24, 2.45) is 0 Å².